The summed E-state index contributed by atoms with van der Waals surface area (Å²) in [4.78, 5) is 7.11. The van der Waals surface area contributed by atoms with Crippen LogP contribution in [-0.4, -0.2) is 23.0 Å². The standard InChI is InChI=1S/C24H24Cl2N2/c25-22-9-6-19(7-10-22)20-8-12-23(27-16-20)11-4-18-3-5-21(24(26)15-18)17-28-13-1-2-14-28/h3,5-10,12,15-16H,1-2,4,11,13-14,17H2. The Morgan fingerprint density at radius 2 is 1.57 bits per heavy atom. The molecule has 28 heavy (non-hydrogen) atoms. The van der Waals surface area contributed by atoms with E-state index in [0.29, 0.717) is 0 Å². The summed E-state index contributed by atoms with van der Waals surface area (Å²) in [5.41, 5.74) is 5.82. The summed E-state index contributed by atoms with van der Waals surface area (Å²) in [7, 11) is 0. The molecule has 4 heteroatoms. The van der Waals surface area contributed by atoms with Crippen molar-refractivity contribution in [2.24, 2.45) is 0 Å². The van der Waals surface area contributed by atoms with Crippen molar-refractivity contribution in [3.63, 3.8) is 0 Å². The smallest absolute Gasteiger partial charge is 0.0453 e. The molecule has 2 nitrogen and oxygen atoms in total. The molecule has 0 atom stereocenters. The van der Waals surface area contributed by atoms with Gasteiger partial charge in [0.25, 0.3) is 0 Å². The highest BCUT2D eigenvalue weighted by Crippen LogP contribution is 2.23. The van der Waals surface area contributed by atoms with Crippen LogP contribution in [0.25, 0.3) is 11.1 Å². The fourth-order valence-corrected chi connectivity index (χ4v) is 4.10. The monoisotopic (exact) mass is 410 g/mol. The average Bonchev–Trinajstić information content (AvgIpc) is 3.22. The van der Waals surface area contributed by atoms with Crippen LogP contribution in [0.15, 0.2) is 60.8 Å². The quantitative estimate of drug-likeness (QED) is 0.464. The van der Waals surface area contributed by atoms with Crippen molar-refractivity contribution in [1.82, 2.24) is 9.88 Å². The summed E-state index contributed by atoms with van der Waals surface area (Å²) < 4.78 is 0. The van der Waals surface area contributed by atoms with E-state index in [-0.39, 0.29) is 0 Å². The summed E-state index contributed by atoms with van der Waals surface area (Å²) >= 11 is 12.5. The highest BCUT2D eigenvalue weighted by atomic mass is 35.5. The molecule has 4 rings (SSSR count). The molecule has 0 aliphatic carbocycles. The van der Waals surface area contributed by atoms with Crippen LogP contribution in [0.1, 0.15) is 29.7 Å². The van der Waals surface area contributed by atoms with E-state index in [2.05, 4.69) is 40.2 Å². The zero-order valence-electron chi connectivity index (χ0n) is 15.9. The lowest BCUT2D eigenvalue weighted by molar-refractivity contribution is 0.331. The van der Waals surface area contributed by atoms with E-state index in [1.807, 2.05) is 30.5 Å². The second-order valence-electron chi connectivity index (χ2n) is 7.45. The van der Waals surface area contributed by atoms with Gasteiger partial charge in [-0.1, -0.05) is 53.5 Å². The normalized spacial score (nSPS) is 14.5. The molecule has 3 aromatic rings. The second-order valence-corrected chi connectivity index (χ2v) is 8.30. The van der Waals surface area contributed by atoms with Crippen LogP contribution in [0.5, 0.6) is 0 Å². The fraction of sp³-hybridized carbons (Fsp3) is 0.292. The number of benzene rings is 2. The predicted molar refractivity (Wildman–Crippen MR) is 118 cm³/mol. The van der Waals surface area contributed by atoms with Crippen molar-refractivity contribution >= 4 is 23.2 Å². The van der Waals surface area contributed by atoms with Crippen molar-refractivity contribution in [3.8, 4) is 11.1 Å². The number of halogens is 2. The summed E-state index contributed by atoms with van der Waals surface area (Å²) in [6, 6.07) is 18.6. The second kappa shape index (κ2) is 9.09. The third-order valence-electron chi connectivity index (χ3n) is 5.38. The first-order valence-electron chi connectivity index (χ1n) is 9.88. The SMILES string of the molecule is Clc1ccc(-c2ccc(CCc3ccc(CN4CCCC4)c(Cl)c3)nc2)cc1. The maximum atomic E-state index is 6.54. The van der Waals surface area contributed by atoms with E-state index in [4.69, 9.17) is 23.2 Å². The van der Waals surface area contributed by atoms with Crippen molar-refractivity contribution in [1.29, 1.82) is 0 Å². The summed E-state index contributed by atoms with van der Waals surface area (Å²) in [6.45, 7) is 3.35. The molecule has 1 saturated heterocycles. The van der Waals surface area contributed by atoms with E-state index in [9.17, 15) is 0 Å². The molecule has 2 aromatic carbocycles. The number of aromatic nitrogens is 1. The molecule has 1 aliphatic rings. The van der Waals surface area contributed by atoms with Gasteiger partial charge in [0.2, 0.25) is 0 Å². The van der Waals surface area contributed by atoms with Gasteiger partial charge in [-0.3, -0.25) is 9.88 Å². The molecule has 0 radical (unpaired) electrons. The number of likely N-dealkylation sites (tertiary alicyclic amines) is 1. The van der Waals surface area contributed by atoms with Gasteiger partial charge in [-0.15, -0.1) is 0 Å². The number of rotatable bonds is 6. The Balaban J connectivity index is 1.36. The van der Waals surface area contributed by atoms with Crippen molar-refractivity contribution < 1.29 is 0 Å². The minimum absolute atomic E-state index is 0.749. The first kappa shape index (κ1) is 19.4. The summed E-state index contributed by atoms with van der Waals surface area (Å²) in [6.07, 6.45) is 6.39. The highest BCUT2D eigenvalue weighted by Gasteiger charge is 2.13. The topological polar surface area (TPSA) is 16.1 Å². The molecule has 0 N–H and O–H groups in total. The van der Waals surface area contributed by atoms with Crippen LogP contribution in [0.2, 0.25) is 10.0 Å². The fourth-order valence-electron chi connectivity index (χ4n) is 3.71. The van der Waals surface area contributed by atoms with Gasteiger partial charge in [0.1, 0.15) is 0 Å². The first-order chi connectivity index (χ1) is 13.7. The van der Waals surface area contributed by atoms with Gasteiger partial charge < -0.3 is 0 Å². The van der Waals surface area contributed by atoms with Gasteiger partial charge in [-0.05, 0) is 79.7 Å². The number of aryl methyl sites for hydroxylation is 2. The van der Waals surface area contributed by atoms with Gasteiger partial charge >= 0.3 is 0 Å². The molecule has 1 aliphatic heterocycles. The molecular formula is C24H24Cl2N2. The average molecular weight is 411 g/mol. The Labute approximate surface area is 177 Å². The van der Waals surface area contributed by atoms with Crippen LogP contribution in [0.4, 0.5) is 0 Å². The maximum absolute atomic E-state index is 6.54. The molecule has 2 heterocycles. The Morgan fingerprint density at radius 3 is 2.25 bits per heavy atom. The van der Waals surface area contributed by atoms with Crippen LogP contribution >= 0.6 is 23.2 Å². The number of nitrogens with zero attached hydrogens (tertiary/aromatic N) is 2. The molecule has 1 fully saturated rings. The number of pyridine rings is 1. The zero-order valence-corrected chi connectivity index (χ0v) is 17.4. The van der Waals surface area contributed by atoms with E-state index >= 15 is 0 Å². The molecule has 0 saturated carbocycles. The maximum Gasteiger partial charge on any atom is 0.0453 e. The van der Waals surface area contributed by atoms with Crippen molar-refractivity contribution in [3.05, 3.63) is 87.7 Å². The number of hydrogen-bond acceptors (Lipinski definition) is 2. The van der Waals surface area contributed by atoms with Gasteiger partial charge in [-0.25, -0.2) is 0 Å². The minimum Gasteiger partial charge on any atom is -0.299 e. The van der Waals surface area contributed by atoms with Crippen molar-refractivity contribution in [2.75, 3.05) is 13.1 Å². The summed E-state index contributed by atoms with van der Waals surface area (Å²) in [5, 5.41) is 1.63. The van der Waals surface area contributed by atoms with E-state index < -0.39 is 0 Å². The van der Waals surface area contributed by atoms with Crippen LogP contribution in [-0.2, 0) is 19.4 Å². The predicted octanol–water partition coefficient (Wildman–Crippen LogP) is 6.44. The third kappa shape index (κ3) is 4.94. The molecule has 0 spiro atoms. The Bertz CT molecular complexity index is 914. The minimum atomic E-state index is 0.749. The highest BCUT2D eigenvalue weighted by molar-refractivity contribution is 6.31. The number of hydrogen-bond donors (Lipinski definition) is 0. The van der Waals surface area contributed by atoms with Gasteiger partial charge in [0, 0.05) is 34.0 Å². The molecule has 0 unspecified atom stereocenters. The first-order valence-corrected chi connectivity index (χ1v) is 10.6. The van der Waals surface area contributed by atoms with Crippen LogP contribution in [0.3, 0.4) is 0 Å². The Morgan fingerprint density at radius 1 is 0.821 bits per heavy atom. The van der Waals surface area contributed by atoms with Crippen molar-refractivity contribution in [2.45, 2.75) is 32.2 Å². The Hall–Kier alpha value is -1.87. The largest absolute Gasteiger partial charge is 0.299 e. The van der Waals surface area contributed by atoms with E-state index in [1.54, 1.807) is 0 Å². The zero-order chi connectivity index (χ0) is 19.3. The van der Waals surface area contributed by atoms with Gasteiger partial charge in [0.15, 0.2) is 0 Å². The lowest BCUT2D eigenvalue weighted by Gasteiger charge is -2.16. The third-order valence-corrected chi connectivity index (χ3v) is 5.99. The molecule has 0 amide bonds. The molecule has 144 valence electrons. The van der Waals surface area contributed by atoms with E-state index in [0.717, 1.165) is 46.3 Å². The molecule has 0 bridgehead atoms. The van der Waals surface area contributed by atoms with Crippen LogP contribution < -0.4 is 0 Å². The van der Waals surface area contributed by atoms with Crippen LogP contribution in [0, 0.1) is 0 Å². The lowest BCUT2D eigenvalue weighted by Crippen LogP contribution is -2.18. The summed E-state index contributed by atoms with van der Waals surface area (Å²) in [5.74, 6) is 0. The Kier molecular flexibility index (Phi) is 6.31. The van der Waals surface area contributed by atoms with Gasteiger partial charge in [0.05, 0.1) is 0 Å². The molecule has 1 aromatic heterocycles. The molecular weight excluding hydrogens is 387 g/mol. The lowest BCUT2D eigenvalue weighted by atomic mass is 10.0. The van der Waals surface area contributed by atoms with E-state index in [1.165, 1.54) is 37.1 Å². The van der Waals surface area contributed by atoms with Gasteiger partial charge in [-0.2, -0.15) is 0 Å².